The maximum atomic E-state index is 9.09. The van der Waals surface area contributed by atoms with Crippen LogP contribution in [0.4, 0.5) is 11.6 Å². The average molecular weight is 454 g/mol. The third kappa shape index (κ3) is 4.73. The summed E-state index contributed by atoms with van der Waals surface area (Å²) in [6.07, 6.45) is 4.90. The van der Waals surface area contributed by atoms with E-state index in [0.29, 0.717) is 13.0 Å². The molecule has 0 spiro atoms. The molecule has 34 heavy (non-hydrogen) atoms. The topological polar surface area (TPSA) is 80.8 Å². The van der Waals surface area contributed by atoms with Crippen molar-refractivity contribution in [3.8, 4) is 23.1 Å². The van der Waals surface area contributed by atoms with Crippen molar-refractivity contribution in [2.45, 2.75) is 19.3 Å². The molecule has 0 bridgehead atoms. The Labute approximate surface area is 199 Å². The smallest absolute Gasteiger partial charge is 0.352 e. The SMILES string of the molecule is C[n+]1c(Nc2ccc(OCCN3CCCC3)cc2)nc(-c2cccc(CC#N)c2)c2cc[nH]c21. The van der Waals surface area contributed by atoms with Crippen molar-refractivity contribution in [3.05, 3.63) is 66.4 Å². The predicted molar refractivity (Wildman–Crippen MR) is 133 cm³/mol. The lowest BCUT2D eigenvalue weighted by molar-refractivity contribution is -0.634. The van der Waals surface area contributed by atoms with Crippen LogP contribution >= 0.6 is 0 Å². The Bertz CT molecular complexity index is 1320. The number of benzene rings is 2. The van der Waals surface area contributed by atoms with Gasteiger partial charge in [0, 0.05) is 18.3 Å². The van der Waals surface area contributed by atoms with Gasteiger partial charge in [-0.2, -0.15) is 5.26 Å². The van der Waals surface area contributed by atoms with Gasteiger partial charge in [-0.1, -0.05) is 18.2 Å². The highest BCUT2D eigenvalue weighted by Crippen LogP contribution is 2.28. The molecule has 1 fully saturated rings. The van der Waals surface area contributed by atoms with Crippen molar-refractivity contribution in [1.29, 1.82) is 5.26 Å². The number of nitrogens with one attached hydrogen (secondary N) is 2. The molecule has 0 unspecified atom stereocenters. The number of ether oxygens (including phenoxy) is 1. The lowest BCUT2D eigenvalue weighted by Crippen LogP contribution is -2.34. The fraction of sp³-hybridized carbons (Fsp3) is 0.296. The van der Waals surface area contributed by atoms with E-state index in [2.05, 4.69) is 21.3 Å². The van der Waals surface area contributed by atoms with Crippen LogP contribution in [0.5, 0.6) is 5.75 Å². The second kappa shape index (κ2) is 9.94. The van der Waals surface area contributed by atoms with Crippen LogP contribution in [-0.2, 0) is 13.5 Å². The maximum Gasteiger partial charge on any atom is 0.352 e. The number of likely N-dealkylation sites (tertiary alicyclic amines) is 1. The number of nitriles is 1. The summed E-state index contributed by atoms with van der Waals surface area (Å²) in [6, 6.07) is 20.3. The highest BCUT2D eigenvalue weighted by atomic mass is 16.5. The van der Waals surface area contributed by atoms with Gasteiger partial charge < -0.3 is 4.74 Å². The van der Waals surface area contributed by atoms with Gasteiger partial charge in [-0.3, -0.25) is 15.2 Å². The first-order valence-corrected chi connectivity index (χ1v) is 11.8. The number of nitrogens with zero attached hydrogens (tertiary/aromatic N) is 4. The van der Waals surface area contributed by atoms with E-state index in [1.807, 2.05) is 72.4 Å². The van der Waals surface area contributed by atoms with Gasteiger partial charge in [0.1, 0.15) is 18.1 Å². The molecule has 7 heteroatoms. The summed E-state index contributed by atoms with van der Waals surface area (Å²) >= 11 is 0. The highest BCUT2D eigenvalue weighted by molar-refractivity contribution is 5.90. The molecule has 3 heterocycles. The molecule has 0 aliphatic carbocycles. The number of H-pyrrole nitrogens is 1. The molecule has 5 rings (SSSR count). The average Bonchev–Trinajstić information content (AvgIpc) is 3.55. The van der Waals surface area contributed by atoms with Crippen LogP contribution in [0.1, 0.15) is 18.4 Å². The van der Waals surface area contributed by atoms with Crippen LogP contribution in [0.25, 0.3) is 22.3 Å². The lowest BCUT2D eigenvalue weighted by atomic mass is 10.0. The molecule has 1 saturated heterocycles. The first-order chi connectivity index (χ1) is 16.7. The zero-order chi connectivity index (χ0) is 23.3. The summed E-state index contributed by atoms with van der Waals surface area (Å²) in [4.78, 5) is 10.7. The van der Waals surface area contributed by atoms with E-state index in [1.165, 1.54) is 25.9 Å². The van der Waals surface area contributed by atoms with Crippen molar-refractivity contribution < 1.29 is 9.30 Å². The van der Waals surface area contributed by atoms with E-state index >= 15 is 0 Å². The van der Waals surface area contributed by atoms with Gasteiger partial charge in [0.15, 0.2) is 0 Å². The molecule has 2 aromatic heterocycles. The largest absolute Gasteiger partial charge is 0.492 e. The number of fused-ring (bicyclic) bond motifs is 1. The fourth-order valence-corrected chi connectivity index (χ4v) is 4.49. The second-order valence-corrected chi connectivity index (χ2v) is 8.66. The normalized spacial score (nSPS) is 13.8. The van der Waals surface area contributed by atoms with E-state index in [1.54, 1.807) is 0 Å². The molecule has 172 valence electrons. The molecule has 0 amide bonds. The third-order valence-electron chi connectivity index (χ3n) is 6.32. The van der Waals surface area contributed by atoms with Crippen LogP contribution in [0, 0.1) is 11.3 Å². The molecule has 2 aromatic carbocycles. The Hall–Kier alpha value is -3.89. The number of anilines is 2. The van der Waals surface area contributed by atoms with E-state index in [-0.39, 0.29) is 0 Å². The van der Waals surface area contributed by atoms with E-state index in [4.69, 9.17) is 15.0 Å². The molecule has 0 atom stereocenters. The van der Waals surface area contributed by atoms with Crippen LogP contribution in [0.15, 0.2) is 60.8 Å². The number of rotatable bonds is 8. The summed E-state index contributed by atoms with van der Waals surface area (Å²) < 4.78 is 7.95. The lowest BCUT2D eigenvalue weighted by Gasteiger charge is -2.15. The molecule has 7 nitrogen and oxygen atoms in total. The molecule has 0 saturated carbocycles. The molecule has 2 N–H and O–H groups in total. The molecule has 0 radical (unpaired) electrons. The van der Waals surface area contributed by atoms with Crippen molar-refractivity contribution in [2.24, 2.45) is 7.05 Å². The van der Waals surface area contributed by atoms with Gasteiger partial charge in [-0.05, 0) is 67.9 Å². The number of hydrogen-bond donors (Lipinski definition) is 2. The number of aromatic nitrogens is 3. The Kier molecular flexibility index (Phi) is 6.41. The van der Waals surface area contributed by atoms with Crippen LogP contribution < -0.4 is 14.6 Å². The fourth-order valence-electron chi connectivity index (χ4n) is 4.49. The van der Waals surface area contributed by atoms with Crippen molar-refractivity contribution in [3.63, 3.8) is 0 Å². The third-order valence-corrected chi connectivity index (χ3v) is 6.32. The van der Waals surface area contributed by atoms with E-state index in [9.17, 15) is 0 Å². The first-order valence-electron chi connectivity index (χ1n) is 11.8. The number of aryl methyl sites for hydroxylation is 1. The summed E-state index contributed by atoms with van der Waals surface area (Å²) in [5.41, 5.74) is 4.75. The van der Waals surface area contributed by atoms with Gasteiger partial charge in [-0.25, -0.2) is 4.57 Å². The second-order valence-electron chi connectivity index (χ2n) is 8.66. The van der Waals surface area contributed by atoms with Gasteiger partial charge >= 0.3 is 5.95 Å². The summed E-state index contributed by atoms with van der Waals surface area (Å²) in [5.74, 6) is 1.59. The molecular weight excluding hydrogens is 424 g/mol. The Balaban J connectivity index is 1.36. The monoisotopic (exact) mass is 453 g/mol. The summed E-state index contributed by atoms with van der Waals surface area (Å²) in [7, 11) is 1.99. The minimum absolute atomic E-state index is 0.377. The Morgan fingerprint density at radius 2 is 1.97 bits per heavy atom. The number of aromatic amines is 1. The highest BCUT2D eigenvalue weighted by Gasteiger charge is 2.20. The Morgan fingerprint density at radius 1 is 1.15 bits per heavy atom. The minimum atomic E-state index is 0.377. The molecule has 1 aliphatic rings. The standard InChI is InChI=1S/C27H28N6O/c1-32-26-24(12-14-29-26)25(21-6-4-5-20(19-21)11-13-28)31-27(32)30-22-7-9-23(10-8-22)34-18-17-33-15-2-3-16-33/h4-10,12,14,19H,2-3,11,15-18H2,1H3,(H,29,30,31)/p+1. The van der Waals surface area contributed by atoms with Crippen molar-refractivity contribution in [2.75, 3.05) is 31.6 Å². The van der Waals surface area contributed by atoms with Crippen molar-refractivity contribution >= 4 is 22.7 Å². The van der Waals surface area contributed by atoms with Crippen molar-refractivity contribution in [1.82, 2.24) is 14.9 Å². The van der Waals surface area contributed by atoms with Crippen LogP contribution in [0.2, 0.25) is 0 Å². The van der Waals surface area contributed by atoms with E-state index < -0.39 is 0 Å². The quantitative estimate of drug-likeness (QED) is 0.388. The minimum Gasteiger partial charge on any atom is -0.492 e. The molecule has 4 aromatic rings. The van der Waals surface area contributed by atoms with Crippen LogP contribution in [0.3, 0.4) is 0 Å². The molecule has 1 aliphatic heterocycles. The summed E-state index contributed by atoms with van der Waals surface area (Å²) in [5, 5.41) is 13.6. The first kappa shape index (κ1) is 21.9. The van der Waals surface area contributed by atoms with Gasteiger partial charge in [0.05, 0.1) is 30.6 Å². The summed E-state index contributed by atoms with van der Waals surface area (Å²) in [6.45, 7) is 4.06. The maximum absolute atomic E-state index is 9.09. The zero-order valence-corrected chi connectivity index (χ0v) is 19.4. The number of hydrogen-bond acceptors (Lipinski definition) is 5. The van der Waals surface area contributed by atoms with Gasteiger partial charge in [0.25, 0.3) is 0 Å². The zero-order valence-electron chi connectivity index (χ0n) is 19.4. The van der Waals surface area contributed by atoms with Crippen LogP contribution in [-0.4, -0.2) is 41.1 Å². The van der Waals surface area contributed by atoms with Gasteiger partial charge in [-0.15, -0.1) is 4.98 Å². The Morgan fingerprint density at radius 3 is 2.76 bits per heavy atom. The predicted octanol–water partition coefficient (Wildman–Crippen LogP) is 4.34. The van der Waals surface area contributed by atoms with Gasteiger partial charge in [0.2, 0.25) is 5.65 Å². The molecular formula is C27H29N6O+. The van der Waals surface area contributed by atoms with E-state index in [0.717, 1.165) is 51.8 Å².